The summed E-state index contributed by atoms with van der Waals surface area (Å²) in [5.74, 6) is 0.0970. The van der Waals surface area contributed by atoms with Crippen molar-refractivity contribution < 1.29 is 9.53 Å². The first-order chi connectivity index (χ1) is 10.5. The molecule has 1 rings (SSSR count). The van der Waals surface area contributed by atoms with E-state index in [2.05, 4.69) is 11.0 Å². The summed E-state index contributed by atoms with van der Waals surface area (Å²) in [5, 5.41) is 8.83. The molecule has 0 aromatic heterocycles. The van der Waals surface area contributed by atoms with Crippen molar-refractivity contribution in [2.45, 2.75) is 26.4 Å². The lowest BCUT2D eigenvalue weighted by molar-refractivity contribution is -0.132. The molecule has 22 heavy (non-hydrogen) atoms. The van der Waals surface area contributed by atoms with Gasteiger partial charge in [0.25, 0.3) is 0 Å². The van der Waals surface area contributed by atoms with Gasteiger partial charge < -0.3 is 9.64 Å². The largest absolute Gasteiger partial charge is 0.383 e. The van der Waals surface area contributed by atoms with E-state index in [-0.39, 0.29) is 11.9 Å². The Bertz CT molecular complexity index is 506. The summed E-state index contributed by atoms with van der Waals surface area (Å²) >= 11 is 0. The van der Waals surface area contributed by atoms with Crippen LogP contribution in [0.5, 0.6) is 0 Å². The summed E-state index contributed by atoms with van der Waals surface area (Å²) in [4.78, 5) is 16.1. The minimum absolute atomic E-state index is 0.0970. The van der Waals surface area contributed by atoms with Crippen LogP contribution >= 0.6 is 0 Å². The molecule has 120 valence electrons. The molecule has 0 heterocycles. The van der Waals surface area contributed by atoms with Crippen LogP contribution in [0.15, 0.2) is 24.3 Å². The van der Waals surface area contributed by atoms with Gasteiger partial charge in [0.1, 0.15) is 0 Å². The fourth-order valence-electron chi connectivity index (χ4n) is 1.97. The van der Waals surface area contributed by atoms with E-state index in [9.17, 15) is 4.79 Å². The third-order valence-corrected chi connectivity index (χ3v) is 3.63. The molecule has 5 nitrogen and oxygen atoms in total. The van der Waals surface area contributed by atoms with Gasteiger partial charge in [0.05, 0.1) is 24.8 Å². The fraction of sp³-hybridized carbons (Fsp3) is 0.529. The first kappa shape index (κ1) is 18.1. The number of carbonyl (C=O) groups is 1. The molecule has 0 radical (unpaired) electrons. The number of ether oxygens (including phenoxy) is 1. The van der Waals surface area contributed by atoms with Gasteiger partial charge >= 0.3 is 0 Å². The Morgan fingerprint density at radius 1 is 1.32 bits per heavy atom. The van der Waals surface area contributed by atoms with Gasteiger partial charge in [-0.15, -0.1) is 0 Å². The van der Waals surface area contributed by atoms with Gasteiger partial charge in [-0.3, -0.25) is 9.69 Å². The Hall–Kier alpha value is -1.90. The predicted octanol–water partition coefficient (Wildman–Crippen LogP) is 1.87. The molecule has 0 unspecified atom stereocenters. The molecule has 5 heteroatoms. The van der Waals surface area contributed by atoms with Crippen LogP contribution in [0.1, 0.15) is 25.0 Å². The Morgan fingerprint density at radius 2 is 1.95 bits per heavy atom. The number of hydrogen-bond donors (Lipinski definition) is 0. The maximum atomic E-state index is 12.2. The average molecular weight is 303 g/mol. The number of amides is 1. The SMILES string of the molecule is COCCN(CC(=O)N(C)C(C)C)Cc1ccc(C#N)cc1. The van der Waals surface area contributed by atoms with Crippen molar-refractivity contribution in [2.24, 2.45) is 0 Å². The van der Waals surface area contributed by atoms with Gasteiger partial charge in [0.15, 0.2) is 0 Å². The number of methoxy groups -OCH3 is 1. The molecular formula is C17H25N3O2. The summed E-state index contributed by atoms with van der Waals surface area (Å²) in [5.41, 5.74) is 1.72. The number of carbonyl (C=O) groups excluding carboxylic acids is 1. The molecule has 1 amide bonds. The van der Waals surface area contributed by atoms with Crippen molar-refractivity contribution in [3.8, 4) is 6.07 Å². The van der Waals surface area contributed by atoms with Crippen molar-refractivity contribution in [1.82, 2.24) is 9.80 Å². The van der Waals surface area contributed by atoms with Gasteiger partial charge in [-0.25, -0.2) is 0 Å². The Balaban J connectivity index is 2.70. The maximum absolute atomic E-state index is 12.2. The van der Waals surface area contributed by atoms with E-state index in [1.165, 1.54) is 0 Å². The van der Waals surface area contributed by atoms with E-state index >= 15 is 0 Å². The summed E-state index contributed by atoms with van der Waals surface area (Å²) in [6.07, 6.45) is 0. The first-order valence-corrected chi connectivity index (χ1v) is 7.44. The van der Waals surface area contributed by atoms with Crippen LogP contribution in [-0.2, 0) is 16.1 Å². The van der Waals surface area contributed by atoms with E-state index in [4.69, 9.17) is 10.00 Å². The van der Waals surface area contributed by atoms with Crippen LogP contribution in [-0.4, -0.2) is 55.6 Å². The highest BCUT2D eigenvalue weighted by molar-refractivity contribution is 5.78. The first-order valence-electron chi connectivity index (χ1n) is 7.44. The summed E-state index contributed by atoms with van der Waals surface area (Å²) in [7, 11) is 3.48. The zero-order valence-electron chi connectivity index (χ0n) is 13.9. The molecule has 0 fully saturated rings. The van der Waals surface area contributed by atoms with Crippen LogP contribution in [0, 0.1) is 11.3 Å². The topological polar surface area (TPSA) is 56.6 Å². The number of hydrogen-bond acceptors (Lipinski definition) is 4. The smallest absolute Gasteiger partial charge is 0.236 e. The molecule has 0 spiro atoms. The quantitative estimate of drug-likeness (QED) is 0.736. The van der Waals surface area contributed by atoms with Crippen molar-refractivity contribution in [2.75, 3.05) is 33.9 Å². The average Bonchev–Trinajstić information content (AvgIpc) is 2.52. The van der Waals surface area contributed by atoms with Crippen molar-refractivity contribution in [3.05, 3.63) is 35.4 Å². The minimum atomic E-state index is 0.0970. The molecule has 0 saturated carbocycles. The molecular weight excluding hydrogens is 278 g/mol. The molecule has 0 saturated heterocycles. The number of nitrogens with zero attached hydrogens (tertiary/aromatic N) is 3. The van der Waals surface area contributed by atoms with Gasteiger partial charge in [0, 0.05) is 33.3 Å². The van der Waals surface area contributed by atoms with Crippen LogP contribution in [0.4, 0.5) is 0 Å². The number of rotatable bonds is 8. The summed E-state index contributed by atoms with van der Waals surface area (Å²) in [6, 6.07) is 9.74. The standard InChI is InChI=1S/C17H25N3O2/c1-14(2)19(3)17(21)13-20(9-10-22-4)12-16-7-5-15(11-18)6-8-16/h5-8,14H,9-10,12-13H2,1-4H3. The summed E-state index contributed by atoms with van der Waals surface area (Å²) in [6.45, 7) is 6.28. The van der Waals surface area contributed by atoms with Crippen molar-refractivity contribution in [3.63, 3.8) is 0 Å². The zero-order valence-corrected chi connectivity index (χ0v) is 13.9. The summed E-state index contributed by atoms with van der Waals surface area (Å²) < 4.78 is 5.13. The molecule has 1 aromatic rings. The zero-order chi connectivity index (χ0) is 16.5. The predicted molar refractivity (Wildman–Crippen MR) is 86.2 cm³/mol. The van der Waals surface area contributed by atoms with Crippen molar-refractivity contribution in [1.29, 1.82) is 5.26 Å². The van der Waals surface area contributed by atoms with E-state index in [1.54, 1.807) is 24.1 Å². The normalized spacial score (nSPS) is 10.8. The van der Waals surface area contributed by atoms with Gasteiger partial charge in [-0.2, -0.15) is 5.26 Å². The maximum Gasteiger partial charge on any atom is 0.236 e. The molecule has 0 N–H and O–H groups in total. The monoisotopic (exact) mass is 303 g/mol. The fourth-order valence-corrected chi connectivity index (χ4v) is 1.97. The molecule has 0 atom stereocenters. The third kappa shape index (κ3) is 5.84. The lowest BCUT2D eigenvalue weighted by atomic mass is 10.1. The van der Waals surface area contributed by atoms with E-state index in [0.29, 0.717) is 31.8 Å². The molecule has 0 bridgehead atoms. The van der Waals surface area contributed by atoms with E-state index < -0.39 is 0 Å². The van der Waals surface area contributed by atoms with Gasteiger partial charge in [0.2, 0.25) is 5.91 Å². The van der Waals surface area contributed by atoms with E-state index in [1.807, 2.05) is 33.0 Å². The van der Waals surface area contributed by atoms with Crippen LogP contribution < -0.4 is 0 Å². The Kier molecular flexibility index (Phi) is 7.58. The number of likely N-dealkylation sites (N-methyl/N-ethyl adjacent to an activating group) is 1. The molecule has 0 aliphatic carbocycles. The van der Waals surface area contributed by atoms with Gasteiger partial charge in [-0.05, 0) is 31.5 Å². The van der Waals surface area contributed by atoms with Crippen molar-refractivity contribution >= 4 is 5.91 Å². The minimum Gasteiger partial charge on any atom is -0.383 e. The highest BCUT2D eigenvalue weighted by Crippen LogP contribution is 2.08. The lowest BCUT2D eigenvalue weighted by Gasteiger charge is -2.27. The molecule has 1 aromatic carbocycles. The molecule has 0 aliphatic rings. The lowest BCUT2D eigenvalue weighted by Crippen LogP contribution is -2.42. The number of nitriles is 1. The molecule has 0 aliphatic heterocycles. The van der Waals surface area contributed by atoms with Crippen LogP contribution in [0.2, 0.25) is 0 Å². The van der Waals surface area contributed by atoms with Crippen LogP contribution in [0.3, 0.4) is 0 Å². The van der Waals surface area contributed by atoms with Crippen LogP contribution in [0.25, 0.3) is 0 Å². The van der Waals surface area contributed by atoms with Gasteiger partial charge in [-0.1, -0.05) is 12.1 Å². The Labute approximate surface area is 133 Å². The highest BCUT2D eigenvalue weighted by atomic mass is 16.5. The second-order valence-corrected chi connectivity index (χ2v) is 5.61. The van der Waals surface area contributed by atoms with E-state index in [0.717, 1.165) is 5.56 Å². The second kappa shape index (κ2) is 9.19. The second-order valence-electron chi connectivity index (χ2n) is 5.61. The third-order valence-electron chi connectivity index (χ3n) is 3.63. The highest BCUT2D eigenvalue weighted by Gasteiger charge is 2.16. The Morgan fingerprint density at radius 3 is 2.45 bits per heavy atom. The number of benzene rings is 1.